The molecular formula is C59H77N10NaO21S2. The molecule has 3 fully saturated rings. The Labute approximate surface area is 565 Å². The number of β-amino-alcohol motifs (C(OH)–C–C–N with tert-alkyl or cyclic N) is 1. The topological polar surface area (TPSA) is 466 Å². The quantitative estimate of drug-likeness (QED) is 0.00971. The first-order valence-corrected chi connectivity index (χ1v) is 31.2. The molecule has 0 aliphatic carbocycles. The molecule has 3 aromatic carbocycles. The van der Waals surface area contributed by atoms with Gasteiger partial charge in [-0.1, -0.05) is 62.1 Å². The second-order valence-corrected chi connectivity index (χ2v) is 24.2. The van der Waals surface area contributed by atoms with Crippen molar-refractivity contribution in [2.75, 3.05) is 40.0 Å². The van der Waals surface area contributed by atoms with Gasteiger partial charge in [-0.2, -0.15) is 0 Å². The van der Waals surface area contributed by atoms with Crippen LogP contribution < -0.4 is 76.1 Å². The number of unbranched alkanes of at least 4 members (excludes halogenated alkanes) is 5. The number of aromatic nitrogens is 2. The van der Waals surface area contributed by atoms with Crippen molar-refractivity contribution in [2.24, 2.45) is 11.7 Å². The molecule has 7 rings (SSSR count). The minimum Gasteiger partial charge on any atom is -0.691 e. The SMILES string of the molecule is COCCCCCCCCOc1ccc(-c2nnc(-c3ccc(C(=O)NC4CC(O)CNC(=O)C5C(O)C(C)CN5C(=O)C(C(O)CC(N)=O)NC(=O)C(C(O)Cc5ccc(O)c(OSOO[O-])c5)NC(=O)C5CC(O)CN5C(=O)C(C(C)O)NC4=O)cc3)s2)cc1.[Na+]. The number of nitrogens with zero attached hydrogens (tertiary/aromatic N) is 4. The van der Waals surface area contributed by atoms with E-state index in [4.69, 9.17) is 19.4 Å². The third kappa shape index (κ3) is 20.9. The van der Waals surface area contributed by atoms with E-state index in [1.54, 1.807) is 19.2 Å². The Morgan fingerprint density at radius 2 is 1.38 bits per heavy atom. The Bertz CT molecular complexity index is 3170. The molecule has 31 nitrogen and oxygen atoms in total. The van der Waals surface area contributed by atoms with E-state index < -0.39 is 177 Å². The van der Waals surface area contributed by atoms with Crippen molar-refractivity contribution < 1.29 is 132 Å². The number of hydrogen-bond acceptors (Lipinski definition) is 25. The molecule has 3 aliphatic heterocycles. The number of carbonyl (C=O) groups is 8. The maximum Gasteiger partial charge on any atom is 1.00 e. The Morgan fingerprint density at radius 3 is 2.01 bits per heavy atom. The van der Waals surface area contributed by atoms with E-state index in [0.29, 0.717) is 22.2 Å². The minimum absolute atomic E-state index is 0. The van der Waals surface area contributed by atoms with Gasteiger partial charge in [0.1, 0.15) is 52.0 Å². The van der Waals surface area contributed by atoms with Crippen LogP contribution in [-0.4, -0.2) is 216 Å². The summed E-state index contributed by atoms with van der Waals surface area (Å²) in [5.41, 5.74) is 6.85. The van der Waals surface area contributed by atoms with E-state index in [2.05, 4.69) is 46.2 Å². The summed E-state index contributed by atoms with van der Waals surface area (Å²) in [5, 5.41) is 114. The summed E-state index contributed by atoms with van der Waals surface area (Å²) in [7, 11) is 1.70. The molecule has 14 N–H and O–H groups in total. The molecule has 0 bridgehead atoms. The molecule has 1 aromatic heterocycles. The average Bonchev–Trinajstić information content (AvgIpc) is 1.72. The number of aromatic hydroxyl groups is 1. The van der Waals surface area contributed by atoms with Crippen LogP contribution in [0.2, 0.25) is 0 Å². The predicted molar refractivity (Wildman–Crippen MR) is 323 cm³/mol. The molecule has 13 unspecified atom stereocenters. The van der Waals surface area contributed by atoms with Crippen LogP contribution in [0.15, 0.2) is 66.7 Å². The molecular weight excluding hydrogens is 1270 g/mol. The normalized spacial score (nSPS) is 24.4. The van der Waals surface area contributed by atoms with Gasteiger partial charge in [0, 0.05) is 75.2 Å². The van der Waals surface area contributed by atoms with Gasteiger partial charge >= 0.3 is 29.6 Å². The Morgan fingerprint density at radius 1 is 0.763 bits per heavy atom. The fraction of sp³-hybridized carbons (Fsp3) is 0.525. The van der Waals surface area contributed by atoms with Gasteiger partial charge in [0.2, 0.25) is 41.4 Å². The maximum atomic E-state index is 14.7. The number of rotatable bonds is 25. The zero-order chi connectivity index (χ0) is 66.8. The van der Waals surface area contributed by atoms with Gasteiger partial charge in [-0.25, -0.2) is 0 Å². The predicted octanol–water partition coefficient (Wildman–Crippen LogP) is -5.06. The minimum atomic E-state index is -2.22. The summed E-state index contributed by atoms with van der Waals surface area (Å²) in [5.74, 6) is -10.5. The molecule has 93 heavy (non-hydrogen) atoms. The Hall–Kier alpha value is -6.67. The molecule has 4 heterocycles. The van der Waals surface area contributed by atoms with E-state index >= 15 is 0 Å². The van der Waals surface area contributed by atoms with Gasteiger partial charge < -0.3 is 96.8 Å². The number of primary amides is 1. The van der Waals surface area contributed by atoms with E-state index in [0.717, 1.165) is 85.3 Å². The van der Waals surface area contributed by atoms with Gasteiger partial charge in [-0.3, -0.25) is 43.4 Å². The van der Waals surface area contributed by atoms with E-state index in [-0.39, 0.29) is 58.8 Å². The van der Waals surface area contributed by atoms with Crippen LogP contribution in [0.5, 0.6) is 17.2 Å². The average molecular weight is 1350 g/mol. The number of amides is 8. The van der Waals surface area contributed by atoms with Crippen molar-refractivity contribution in [1.29, 1.82) is 0 Å². The van der Waals surface area contributed by atoms with Gasteiger partial charge in [0.25, 0.3) is 18.2 Å². The van der Waals surface area contributed by atoms with Crippen LogP contribution >= 0.6 is 23.7 Å². The van der Waals surface area contributed by atoms with E-state index in [1.165, 1.54) is 36.5 Å². The summed E-state index contributed by atoms with van der Waals surface area (Å²) >= 11 is 1.28. The number of phenols is 1. The number of hydrogen-bond donors (Lipinski definition) is 13. The smallest absolute Gasteiger partial charge is 0.691 e. The van der Waals surface area contributed by atoms with Gasteiger partial charge in [0.15, 0.2) is 11.5 Å². The Kier molecular flexibility index (Phi) is 29.4. The number of fused-ring (bicyclic) bond motifs is 2. The molecule has 0 saturated carbocycles. The van der Waals surface area contributed by atoms with Crippen LogP contribution in [-0.2, 0) is 54.1 Å². The number of phenolic OH excluding ortho intramolecular Hbond substituents is 1. The third-order valence-corrected chi connectivity index (χ3v) is 17.1. The number of aliphatic hydroxyl groups excluding tert-OH is 6. The third-order valence-electron chi connectivity index (χ3n) is 15.7. The zero-order valence-corrected chi connectivity index (χ0v) is 55.1. The number of carbonyl (C=O) groups excluding carboxylic acids is 8. The summed E-state index contributed by atoms with van der Waals surface area (Å²) in [6.07, 6.45) is -7.21. The van der Waals surface area contributed by atoms with Gasteiger partial charge in [-0.05, 0) is 73.9 Å². The number of nitrogens with one attached hydrogen (secondary N) is 5. The molecule has 4 aromatic rings. The van der Waals surface area contributed by atoms with Crippen molar-refractivity contribution in [2.45, 2.75) is 151 Å². The number of methoxy groups -OCH3 is 1. The zero-order valence-electron chi connectivity index (χ0n) is 51.5. The molecule has 0 spiro atoms. The van der Waals surface area contributed by atoms with Crippen molar-refractivity contribution in [1.82, 2.24) is 46.6 Å². The largest absolute Gasteiger partial charge is 1.00 e. The van der Waals surface area contributed by atoms with Crippen LogP contribution in [0.4, 0.5) is 0 Å². The van der Waals surface area contributed by atoms with Crippen molar-refractivity contribution >= 4 is 70.9 Å². The van der Waals surface area contributed by atoms with Crippen molar-refractivity contribution in [3.63, 3.8) is 0 Å². The second kappa shape index (κ2) is 36.3. The van der Waals surface area contributed by atoms with Crippen LogP contribution in [0.25, 0.3) is 21.1 Å². The fourth-order valence-electron chi connectivity index (χ4n) is 10.8. The number of benzene rings is 3. The molecule has 0 radical (unpaired) electrons. The molecule has 8 amide bonds. The second-order valence-electron chi connectivity index (χ2n) is 22.7. The summed E-state index contributed by atoms with van der Waals surface area (Å²) in [6, 6.07) is 5.24. The van der Waals surface area contributed by atoms with Crippen LogP contribution in [0.3, 0.4) is 0 Å². The van der Waals surface area contributed by atoms with Crippen LogP contribution in [0.1, 0.15) is 87.6 Å². The van der Waals surface area contributed by atoms with E-state index in [9.17, 15) is 79.4 Å². The maximum absolute atomic E-state index is 14.7. The molecule has 34 heteroatoms. The molecule has 3 aliphatic rings. The molecule has 3 saturated heterocycles. The number of aliphatic hydroxyl groups is 6. The number of ether oxygens (including phenoxy) is 2. The van der Waals surface area contributed by atoms with Gasteiger partial charge in [-0.15, -0.1) is 14.5 Å². The first kappa shape index (κ1) is 75.4. The van der Waals surface area contributed by atoms with Crippen molar-refractivity contribution in [3.8, 4) is 38.4 Å². The first-order chi connectivity index (χ1) is 44.0. The Balaban J connectivity index is 0.0000137. The fourth-order valence-corrected chi connectivity index (χ4v) is 11.9. The van der Waals surface area contributed by atoms with E-state index in [1.807, 2.05) is 24.3 Å². The molecule has 502 valence electrons. The standard InChI is InChI=1S/C59H78N10O21S2.Na/c1-30-28-69-49(50(30)77)55(82)61-27-36(71)24-39(62-51(78)33-11-13-34(14-12-33)56-66-67-57(91-56)35-15-17-38(18-16-35)87-21-9-7-5-4-6-8-20-86-3)52(79)63-46(31(2)70)58(83)68-29-37(72)25-40(68)53(80)64-47(54(81)65-48(59(69)84)43(75)26-45(60)76)42(74)22-32-10-19-41(73)44(23-32)88-92-90-89-85;/h10-19,23,30-31,36-37,39-40,42-43,46-50,70-75,77,85H,4-9,20-22,24-29H2,1-3H3,(H2,60,76)(H,61,82)(H,62,78)(H,63,79)(H,64,80)(H,65,81);/q;+1/p-1. The number of nitrogens with two attached hydrogens (primary N) is 1. The first-order valence-electron chi connectivity index (χ1n) is 29.7. The summed E-state index contributed by atoms with van der Waals surface area (Å²) < 4.78 is 20.2. The summed E-state index contributed by atoms with van der Waals surface area (Å²) in [4.78, 5) is 115. The molecule has 13 atom stereocenters. The van der Waals surface area contributed by atoms with Crippen LogP contribution in [0, 0.1) is 5.92 Å². The van der Waals surface area contributed by atoms with Gasteiger partial charge in [0.05, 0.1) is 49.7 Å². The van der Waals surface area contributed by atoms with Crippen molar-refractivity contribution in [3.05, 3.63) is 77.9 Å². The monoisotopic (exact) mass is 1350 g/mol. The summed E-state index contributed by atoms with van der Waals surface area (Å²) in [6.45, 7) is 2.21.